The molecule has 0 bridgehead atoms. The highest BCUT2D eigenvalue weighted by molar-refractivity contribution is 9.10. The van der Waals surface area contributed by atoms with Gasteiger partial charge in [-0.3, -0.25) is 0 Å². The topological polar surface area (TPSA) is 0 Å². The highest BCUT2D eigenvalue weighted by atomic mass is 79.9. The molecule has 0 unspecified atom stereocenters. The third-order valence-electron chi connectivity index (χ3n) is 4.73. The van der Waals surface area contributed by atoms with E-state index >= 15 is 0 Å². The van der Waals surface area contributed by atoms with Crippen molar-refractivity contribution >= 4 is 39.8 Å². The molecule has 0 saturated carbocycles. The van der Waals surface area contributed by atoms with Crippen molar-refractivity contribution in [2.24, 2.45) is 0 Å². The Morgan fingerprint density at radius 1 is 0.538 bits per heavy atom. The molecule has 0 aliphatic rings. The van der Waals surface area contributed by atoms with Crippen LogP contribution in [0.15, 0.2) is 53.0 Å². The summed E-state index contributed by atoms with van der Waals surface area (Å²) in [6, 6.07) is 18.6. The monoisotopic (exact) mass is 424 g/mol. The van der Waals surface area contributed by atoms with E-state index < -0.39 is 7.92 Å². The van der Waals surface area contributed by atoms with Crippen molar-refractivity contribution in [2.75, 3.05) is 0 Å². The second-order valence-electron chi connectivity index (χ2n) is 7.42. The summed E-state index contributed by atoms with van der Waals surface area (Å²) in [5.41, 5.74) is 8.00. The maximum absolute atomic E-state index is 3.87. The van der Waals surface area contributed by atoms with Crippen molar-refractivity contribution in [1.29, 1.82) is 0 Å². The predicted molar refractivity (Wildman–Crippen MR) is 121 cm³/mol. The second-order valence-corrected chi connectivity index (χ2v) is 10.5. The largest absolute Gasteiger partial charge is 0.0563 e. The van der Waals surface area contributed by atoms with Crippen LogP contribution in [0.3, 0.4) is 0 Å². The van der Waals surface area contributed by atoms with Crippen LogP contribution in [0, 0.1) is 41.5 Å². The van der Waals surface area contributed by atoms with Crippen molar-refractivity contribution in [3.8, 4) is 0 Å². The van der Waals surface area contributed by atoms with E-state index in [4.69, 9.17) is 0 Å². The molecule has 0 aliphatic carbocycles. The molecule has 0 aromatic heterocycles. The van der Waals surface area contributed by atoms with Gasteiger partial charge in [-0.05, 0) is 88.6 Å². The molecule has 0 nitrogen and oxygen atoms in total. The van der Waals surface area contributed by atoms with E-state index in [0.717, 1.165) is 0 Å². The quantitative estimate of drug-likeness (QED) is 0.448. The minimum Gasteiger partial charge on any atom is -0.0563 e. The Labute approximate surface area is 167 Å². The van der Waals surface area contributed by atoms with Gasteiger partial charge < -0.3 is 0 Å². The van der Waals surface area contributed by atoms with Crippen LogP contribution < -0.4 is 15.9 Å². The van der Waals surface area contributed by atoms with Crippen LogP contribution >= 0.6 is 23.9 Å². The van der Waals surface area contributed by atoms with E-state index in [0.29, 0.717) is 0 Å². The Morgan fingerprint density at radius 2 is 0.923 bits per heavy atom. The average Bonchev–Trinajstić information content (AvgIpc) is 2.50. The van der Waals surface area contributed by atoms with E-state index in [2.05, 4.69) is 106 Å². The van der Waals surface area contributed by atoms with E-state index in [9.17, 15) is 0 Å². The Bertz CT molecular complexity index is 880. The molecule has 3 rings (SSSR count). The predicted octanol–water partition coefficient (Wildman–Crippen LogP) is 6.06. The molecule has 0 spiro atoms. The highest BCUT2D eigenvalue weighted by Crippen LogP contribution is 2.37. The molecule has 134 valence electrons. The Hall–Kier alpha value is -1.43. The van der Waals surface area contributed by atoms with Gasteiger partial charge in [-0.15, -0.1) is 0 Å². The number of halogens is 1. The van der Waals surface area contributed by atoms with Crippen molar-refractivity contribution < 1.29 is 0 Å². The first-order chi connectivity index (χ1) is 12.2. The van der Waals surface area contributed by atoms with Crippen LogP contribution in [0.5, 0.6) is 0 Å². The molecule has 0 amide bonds. The Kier molecular flexibility index (Phi) is 5.70. The van der Waals surface area contributed by atoms with Gasteiger partial charge in [0.1, 0.15) is 0 Å². The summed E-state index contributed by atoms with van der Waals surface area (Å²) < 4.78 is 1.21. The number of hydrogen-bond acceptors (Lipinski definition) is 0. The van der Waals surface area contributed by atoms with Crippen molar-refractivity contribution in [3.63, 3.8) is 0 Å². The molecular formula is C24H26BrP. The summed E-state index contributed by atoms with van der Waals surface area (Å²) in [6.07, 6.45) is 0. The number of hydrogen-bond donors (Lipinski definition) is 0. The van der Waals surface area contributed by atoms with Gasteiger partial charge in [0.2, 0.25) is 0 Å². The Balaban J connectivity index is 2.31. The van der Waals surface area contributed by atoms with Gasteiger partial charge in [-0.2, -0.15) is 0 Å². The van der Waals surface area contributed by atoms with Gasteiger partial charge in [-0.1, -0.05) is 74.6 Å². The summed E-state index contributed by atoms with van der Waals surface area (Å²) in [5.74, 6) is 0. The standard InChI is InChI=1S/C24H26BrP/c1-15-7-16(2)10-21(9-15)26(22-11-17(3)8-18(4)12-22)24-14-20(6)19(5)13-23(24)25/h7-14H,1-6H3. The zero-order valence-corrected chi connectivity index (χ0v) is 18.9. The van der Waals surface area contributed by atoms with Gasteiger partial charge in [0.15, 0.2) is 0 Å². The summed E-state index contributed by atoms with van der Waals surface area (Å²) in [5, 5.41) is 4.25. The number of benzene rings is 3. The SMILES string of the molecule is Cc1cc(C)cc(P(c2cc(C)cc(C)c2)c2cc(C)c(C)cc2Br)c1. The maximum atomic E-state index is 3.87. The summed E-state index contributed by atoms with van der Waals surface area (Å²) >= 11 is 3.87. The smallest absolute Gasteiger partial charge is 0.0261 e. The van der Waals surface area contributed by atoms with Gasteiger partial charge in [0.25, 0.3) is 0 Å². The van der Waals surface area contributed by atoms with E-state index in [-0.39, 0.29) is 0 Å². The molecule has 0 heterocycles. The minimum atomic E-state index is -0.607. The number of aryl methyl sites for hydroxylation is 6. The van der Waals surface area contributed by atoms with Gasteiger partial charge in [-0.25, -0.2) is 0 Å². The average molecular weight is 425 g/mol. The summed E-state index contributed by atoms with van der Waals surface area (Å²) in [6.45, 7) is 13.2. The molecule has 0 fully saturated rings. The van der Waals surface area contributed by atoms with Crippen LogP contribution in [-0.2, 0) is 0 Å². The molecule has 3 aromatic carbocycles. The third-order valence-corrected chi connectivity index (χ3v) is 8.10. The molecule has 0 saturated heterocycles. The maximum Gasteiger partial charge on any atom is 0.0261 e. The molecule has 0 aliphatic heterocycles. The first-order valence-corrected chi connectivity index (χ1v) is 11.1. The van der Waals surface area contributed by atoms with E-state index in [1.165, 1.54) is 53.8 Å². The molecule has 0 atom stereocenters. The molecule has 3 aromatic rings. The van der Waals surface area contributed by atoms with Gasteiger partial charge in [0, 0.05) is 4.47 Å². The minimum absolute atomic E-state index is 0.607. The fourth-order valence-corrected chi connectivity index (χ4v) is 7.30. The molecule has 0 radical (unpaired) electrons. The summed E-state index contributed by atoms with van der Waals surface area (Å²) in [4.78, 5) is 0. The van der Waals surface area contributed by atoms with Crippen molar-refractivity contribution in [1.82, 2.24) is 0 Å². The second kappa shape index (κ2) is 7.67. The Morgan fingerprint density at radius 3 is 1.35 bits per heavy atom. The van der Waals surface area contributed by atoms with Gasteiger partial charge in [0.05, 0.1) is 0 Å². The molecule has 2 heteroatoms. The van der Waals surface area contributed by atoms with Crippen LogP contribution in [0.4, 0.5) is 0 Å². The number of rotatable bonds is 3. The summed E-state index contributed by atoms with van der Waals surface area (Å²) in [7, 11) is -0.607. The third kappa shape index (κ3) is 4.11. The van der Waals surface area contributed by atoms with Crippen LogP contribution in [0.2, 0.25) is 0 Å². The zero-order valence-electron chi connectivity index (χ0n) is 16.4. The van der Waals surface area contributed by atoms with Crippen LogP contribution in [-0.4, -0.2) is 0 Å². The van der Waals surface area contributed by atoms with E-state index in [1.807, 2.05) is 0 Å². The first-order valence-electron chi connectivity index (χ1n) is 8.98. The normalized spacial score (nSPS) is 11.2. The lowest BCUT2D eigenvalue weighted by molar-refractivity contribution is 1.34. The first kappa shape index (κ1) is 19.3. The molecular weight excluding hydrogens is 399 g/mol. The lowest BCUT2D eigenvalue weighted by Gasteiger charge is -2.23. The van der Waals surface area contributed by atoms with Crippen LogP contribution in [0.25, 0.3) is 0 Å². The highest BCUT2D eigenvalue weighted by Gasteiger charge is 2.21. The van der Waals surface area contributed by atoms with Gasteiger partial charge >= 0.3 is 0 Å². The molecule has 0 N–H and O–H groups in total. The fraction of sp³-hybridized carbons (Fsp3) is 0.250. The zero-order chi connectivity index (χ0) is 19.0. The van der Waals surface area contributed by atoms with Crippen molar-refractivity contribution in [3.05, 3.63) is 86.4 Å². The van der Waals surface area contributed by atoms with Crippen LogP contribution in [0.1, 0.15) is 33.4 Å². The lowest BCUT2D eigenvalue weighted by Crippen LogP contribution is -2.23. The van der Waals surface area contributed by atoms with Crippen molar-refractivity contribution in [2.45, 2.75) is 41.5 Å². The van der Waals surface area contributed by atoms with E-state index in [1.54, 1.807) is 0 Å². The fourth-order valence-electron chi connectivity index (χ4n) is 3.52. The lowest BCUT2D eigenvalue weighted by atomic mass is 10.1. The molecule has 26 heavy (non-hydrogen) atoms.